The molecule has 0 unspecified atom stereocenters. The molecular formula is C30H48O4. The topological polar surface area (TPSA) is 66.8 Å². The van der Waals surface area contributed by atoms with E-state index in [4.69, 9.17) is 4.74 Å². The van der Waals surface area contributed by atoms with Gasteiger partial charge in [-0.05, 0) is 118 Å². The van der Waals surface area contributed by atoms with E-state index in [-0.39, 0.29) is 62.8 Å². The summed E-state index contributed by atoms with van der Waals surface area (Å²) >= 11 is 0. The highest BCUT2D eigenvalue weighted by atomic mass is 16.5. The summed E-state index contributed by atoms with van der Waals surface area (Å²) in [7, 11) is 0. The fraction of sp³-hybridized carbons (Fsp3) is 0.900. The fourth-order valence-electron chi connectivity index (χ4n) is 10.8. The molecular weight excluding hydrogens is 424 g/mol. The van der Waals surface area contributed by atoms with E-state index in [1.165, 1.54) is 6.42 Å². The summed E-state index contributed by atoms with van der Waals surface area (Å²) in [6.07, 6.45) is 9.92. The van der Waals surface area contributed by atoms with Gasteiger partial charge in [0.25, 0.3) is 0 Å². The van der Waals surface area contributed by atoms with Gasteiger partial charge in [0.1, 0.15) is 0 Å². The zero-order valence-corrected chi connectivity index (χ0v) is 22.8. The molecule has 4 heteroatoms. The molecule has 0 aromatic rings. The van der Waals surface area contributed by atoms with Crippen molar-refractivity contribution in [2.45, 2.75) is 124 Å². The number of Topliss-reactive ketones (excluding diaryl/α,β-unsaturated/α-hetero) is 1. The van der Waals surface area contributed by atoms with Crippen molar-refractivity contribution in [3.8, 4) is 0 Å². The Hall–Kier alpha value is -0.870. The average molecular weight is 473 g/mol. The lowest BCUT2D eigenvalue weighted by atomic mass is 9.36. The molecule has 3 saturated carbocycles. The van der Waals surface area contributed by atoms with Crippen LogP contribution in [0.4, 0.5) is 0 Å². The fourth-order valence-corrected chi connectivity index (χ4v) is 10.8. The smallest absolute Gasteiger partial charge is 0.202 e. The molecule has 1 heterocycles. The van der Waals surface area contributed by atoms with Crippen molar-refractivity contribution in [3.63, 3.8) is 0 Å². The van der Waals surface area contributed by atoms with Gasteiger partial charge in [0.15, 0.2) is 5.76 Å². The molecule has 34 heavy (non-hydrogen) atoms. The maximum atomic E-state index is 12.9. The van der Waals surface area contributed by atoms with Crippen LogP contribution in [0.25, 0.3) is 0 Å². The molecule has 5 rings (SSSR count). The Kier molecular flexibility index (Phi) is 5.20. The Labute approximate surface area is 206 Å². The van der Waals surface area contributed by atoms with E-state index >= 15 is 0 Å². The van der Waals surface area contributed by atoms with E-state index in [0.29, 0.717) is 5.92 Å². The van der Waals surface area contributed by atoms with Crippen LogP contribution in [0.5, 0.6) is 0 Å². The Morgan fingerprint density at radius 2 is 1.53 bits per heavy atom. The molecule has 1 saturated heterocycles. The lowest BCUT2D eigenvalue weighted by molar-refractivity contribution is -0.239. The van der Waals surface area contributed by atoms with Gasteiger partial charge in [-0.1, -0.05) is 34.6 Å². The molecule has 192 valence electrons. The van der Waals surface area contributed by atoms with Crippen LogP contribution in [0.2, 0.25) is 0 Å². The first-order valence-corrected chi connectivity index (χ1v) is 13.9. The van der Waals surface area contributed by atoms with Crippen LogP contribution in [0, 0.1) is 45.3 Å². The second kappa shape index (κ2) is 7.12. The average Bonchev–Trinajstić information content (AvgIpc) is 3.08. The van der Waals surface area contributed by atoms with Gasteiger partial charge >= 0.3 is 0 Å². The third kappa shape index (κ3) is 3.00. The van der Waals surface area contributed by atoms with Crippen molar-refractivity contribution >= 4 is 5.78 Å². The third-order valence-corrected chi connectivity index (χ3v) is 12.4. The summed E-state index contributed by atoms with van der Waals surface area (Å²) in [5, 5.41) is 22.6. The van der Waals surface area contributed by atoms with Crippen molar-refractivity contribution in [1.82, 2.24) is 0 Å². The maximum absolute atomic E-state index is 12.9. The minimum absolute atomic E-state index is 0.0109. The van der Waals surface area contributed by atoms with Crippen LogP contribution in [-0.2, 0) is 9.53 Å². The van der Waals surface area contributed by atoms with Crippen molar-refractivity contribution < 1.29 is 19.7 Å². The number of fused-ring (bicyclic) bond motifs is 5. The highest BCUT2D eigenvalue weighted by molar-refractivity contribution is 5.98. The van der Waals surface area contributed by atoms with E-state index in [2.05, 4.69) is 41.5 Å². The molecule has 9 atom stereocenters. The van der Waals surface area contributed by atoms with Crippen LogP contribution in [-0.4, -0.2) is 33.3 Å². The van der Waals surface area contributed by atoms with Gasteiger partial charge in [-0.15, -0.1) is 0 Å². The molecule has 0 radical (unpaired) electrons. The summed E-state index contributed by atoms with van der Waals surface area (Å²) in [6.45, 7) is 18.0. The molecule has 2 N–H and O–H groups in total. The first kappa shape index (κ1) is 24.8. The van der Waals surface area contributed by atoms with E-state index in [0.717, 1.165) is 44.9 Å². The standard InChI is InChI=1S/C30H48O4/c1-25(2)12-9-13-30(8,34-25)18-10-14-29(7)23(18)19(31)16-22-27(5)17-20(32)24(33)26(3,4)21(27)11-15-28(22,29)6/h17-19,21-23,31-32H,9-16H2,1-8H3/t18-,19+,21-,22+,23-,27-,28+,29+,30+/m0/s1. The zero-order chi connectivity index (χ0) is 25.1. The normalized spacial score (nSPS) is 54.0. The second-order valence-corrected chi connectivity index (χ2v) is 14.9. The van der Waals surface area contributed by atoms with E-state index < -0.39 is 5.41 Å². The highest BCUT2D eigenvalue weighted by Gasteiger charge is 2.71. The molecule has 0 aromatic carbocycles. The van der Waals surface area contributed by atoms with Crippen LogP contribution in [0.15, 0.2) is 11.8 Å². The Morgan fingerprint density at radius 3 is 2.18 bits per heavy atom. The second-order valence-electron chi connectivity index (χ2n) is 14.9. The number of ketones is 1. The van der Waals surface area contributed by atoms with Crippen LogP contribution in [0.1, 0.15) is 107 Å². The molecule has 0 spiro atoms. The lowest BCUT2D eigenvalue weighted by Crippen LogP contribution is -2.66. The largest absolute Gasteiger partial charge is 0.505 e. The quantitative estimate of drug-likeness (QED) is 0.450. The van der Waals surface area contributed by atoms with Gasteiger partial charge in [-0.25, -0.2) is 0 Å². The molecule has 5 aliphatic rings. The van der Waals surface area contributed by atoms with Gasteiger partial charge in [-0.2, -0.15) is 0 Å². The minimum Gasteiger partial charge on any atom is -0.505 e. The molecule has 4 fully saturated rings. The number of allylic oxidation sites excluding steroid dienone is 2. The number of ether oxygens (including phenoxy) is 1. The third-order valence-electron chi connectivity index (χ3n) is 12.4. The van der Waals surface area contributed by atoms with Gasteiger partial charge in [-0.3, -0.25) is 4.79 Å². The van der Waals surface area contributed by atoms with E-state index in [1.807, 2.05) is 19.9 Å². The van der Waals surface area contributed by atoms with Crippen molar-refractivity contribution in [2.75, 3.05) is 0 Å². The Balaban J connectivity index is 1.56. The van der Waals surface area contributed by atoms with Crippen molar-refractivity contribution in [2.24, 2.45) is 45.3 Å². The molecule has 0 bridgehead atoms. The van der Waals surface area contributed by atoms with Gasteiger partial charge in [0, 0.05) is 5.41 Å². The summed E-state index contributed by atoms with van der Waals surface area (Å²) in [5.74, 6) is 0.826. The lowest BCUT2D eigenvalue weighted by Gasteiger charge is -2.69. The van der Waals surface area contributed by atoms with Gasteiger partial charge < -0.3 is 14.9 Å². The Morgan fingerprint density at radius 1 is 0.882 bits per heavy atom. The number of hydrogen-bond acceptors (Lipinski definition) is 4. The van der Waals surface area contributed by atoms with Gasteiger partial charge in [0.05, 0.1) is 17.3 Å². The van der Waals surface area contributed by atoms with Crippen molar-refractivity contribution in [3.05, 3.63) is 11.8 Å². The SMILES string of the molecule is CC1(C)CCC[C@](C)([C@H]2CC[C@]3(C)[C@@H]2[C@H](O)C[C@@H]2[C@@]4(C)C=C(O)C(=O)C(C)(C)[C@@H]4CC[C@]23C)O1. The van der Waals surface area contributed by atoms with E-state index in [1.54, 1.807) is 0 Å². The van der Waals surface area contributed by atoms with Crippen LogP contribution < -0.4 is 0 Å². The van der Waals surface area contributed by atoms with Gasteiger partial charge in [0.2, 0.25) is 5.78 Å². The first-order chi connectivity index (χ1) is 15.5. The van der Waals surface area contributed by atoms with Crippen molar-refractivity contribution in [1.29, 1.82) is 0 Å². The minimum atomic E-state index is -0.579. The van der Waals surface area contributed by atoms with E-state index in [9.17, 15) is 15.0 Å². The maximum Gasteiger partial charge on any atom is 0.202 e. The molecule has 4 aliphatic carbocycles. The predicted octanol–water partition coefficient (Wildman–Crippen LogP) is 6.61. The molecule has 1 aliphatic heterocycles. The number of hydrogen-bond donors (Lipinski definition) is 2. The monoisotopic (exact) mass is 472 g/mol. The molecule has 0 aromatic heterocycles. The van der Waals surface area contributed by atoms with Crippen LogP contribution >= 0.6 is 0 Å². The Bertz CT molecular complexity index is 919. The number of carbonyl (C=O) groups excluding carboxylic acids is 1. The predicted molar refractivity (Wildman–Crippen MR) is 134 cm³/mol. The number of aliphatic hydroxyl groups excluding tert-OH is 2. The number of carbonyl (C=O) groups is 1. The summed E-state index contributed by atoms with van der Waals surface area (Å²) in [4.78, 5) is 12.9. The van der Waals surface area contributed by atoms with Crippen LogP contribution in [0.3, 0.4) is 0 Å². The number of rotatable bonds is 1. The highest BCUT2D eigenvalue weighted by Crippen LogP contribution is 2.75. The zero-order valence-electron chi connectivity index (χ0n) is 22.8. The summed E-state index contributed by atoms with van der Waals surface area (Å²) < 4.78 is 6.82. The molecule has 4 nitrogen and oxygen atoms in total. The summed E-state index contributed by atoms with van der Waals surface area (Å²) in [5.41, 5.74) is -1.11. The molecule has 0 amide bonds. The first-order valence-electron chi connectivity index (χ1n) is 13.9. The summed E-state index contributed by atoms with van der Waals surface area (Å²) in [6, 6.07) is 0. The number of aliphatic hydroxyl groups is 2.